The quantitative estimate of drug-likeness (QED) is 0.0569. The van der Waals surface area contributed by atoms with Crippen LogP contribution in [0.15, 0.2) is 71.4 Å². The Morgan fingerprint density at radius 3 is 1.12 bits per heavy atom. The van der Waals surface area contributed by atoms with Crippen molar-refractivity contribution in [1.82, 2.24) is 0 Å². The third-order valence-corrected chi connectivity index (χ3v) is 16.9. The zero-order valence-corrected chi connectivity index (χ0v) is 35.0. The van der Waals surface area contributed by atoms with E-state index in [2.05, 4.69) is 85.3 Å². The van der Waals surface area contributed by atoms with Crippen molar-refractivity contribution in [3.63, 3.8) is 0 Å². The van der Waals surface area contributed by atoms with Crippen molar-refractivity contribution in [2.75, 3.05) is 0 Å². The van der Waals surface area contributed by atoms with Gasteiger partial charge in [0.25, 0.3) is 0 Å². The number of unbranched alkanes of at least 4 members (excludes halogenated alkanes) is 14. The molecule has 50 heavy (non-hydrogen) atoms. The van der Waals surface area contributed by atoms with Crippen molar-refractivity contribution in [3.05, 3.63) is 82.6 Å². The first-order chi connectivity index (χ1) is 24.7. The van der Waals surface area contributed by atoms with E-state index in [1.54, 1.807) is 11.1 Å². The van der Waals surface area contributed by atoms with Crippen molar-refractivity contribution < 1.29 is 0 Å². The molecule has 0 fully saturated rings. The Labute approximate surface area is 326 Å². The lowest BCUT2D eigenvalue weighted by Gasteiger charge is -2.03. The molecule has 0 spiro atoms. The third-order valence-electron chi connectivity index (χ3n) is 9.65. The standard InChI is InChI=1S/C44H54S6/c1-3-5-7-9-11-13-15-17-21-33-31-41(35-23-19-29-45-35)49-43(33)39-27-25-37(47-39)38-26-28-40(48-38)44-34(22-18-16-14-12-10-8-6-4-2)32-42(50-44)36-24-20-30-46-36/h19-20,23-32H,3-18,21-22H2,1-2H3. The van der Waals surface area contributed by atoms with E-state index in [9.17, 15) is 0 Å². The van der Waals surface area contributed by atoms with Gasteiger partial charge in [-0.25, -0.2) is 0 Å². The van der Waals surface area contributed by atoms with Gasteiger partial charge in [-0.05, 0) is 96.1 Å². The predicted octanol–water partition coefficient (Wildman–Crippen LogP) is 17.8. The monoisotopic (exact) mass is 774 g/mol. The van der Waals surface area contributed by atoms with Crippen molar-refractivity contribution in [3.8, 4) is 48.8 Å². The zero-order valence-electron chi connectivity index (χ0n) is 30.1. The van der Waals surface area contributed by atoms with Crippen molar-refractivity contribution in [2.24, 2.45) is 0 Å². The molecule has 0 unspecified atom stereocenters. The fraction of sp³-hybridized carbons (Fsp3) is 0.455. The topological polar surface area (TPSA) is 0 Å². The lowest BCUT2D eigenvalue weighted by atomic mass is 10.0. The summed E-state index contributed by atoms with van der Waals surface area (Å²) in [4.78, 5) is 14.3. The number of aryl methyl sites for hydroxylation is 2. The van der Waals surface area contributed by atoms with Gasteiger partial charge in [-0.3, -0.25) is 0 Å². The molecule has 6 aromatic rings. The summed E-state index contributed by atoms with van der Waals surface area (Å²) in [7, 11) is 0. The lowest BCUT2D eigenvalue weighted by molar-refractivity contribution is 0.576. The molecule has 0 aromatic carbocycles. The van der Waals surface area contributed by atoms with E-state index in [1.165, 1.54) is 164 Å². The van der Waals surface area contributed by atoms with E-state index < -0.39 is 0 Å². The Bertz CT molecular complexity index is 1660. The number of hydrogen-bond donors (Lipinski definition) is 0. The minimum Gasteiger partial charge on any atom is -0.143 e. The normalized spacial score (nSPS) is 11.6. The molecule has 6 rings (SSSR count). The van der Waals surface area contributed by atoms with E-state index in [1.807, 2.05) is 68.0 Å². The highest BCUT2D eigenvalue weighted by Crippen LogP contribution is 2.48. The minimum atomic E-state index is 1.19. The highest BCUT2D eigenvalue weighted by atomic mass is 32.1. The lowest BCUT2D eigenvalue weighted by Crippen LogP contribution is -1.86. The molecule has 0 aliphatic rings. The zero-order chi connectivity index (χ0) is 34.4. The summed E-state index contributed by atoms with van der Waals surface area (Å²) in [6.45, 7) is 4.61. The average Bonchev–Trinajstić information content (AvgIpc) is 3.98. The van der Waals surface area contributed by atoms with Gasteiger partial charge in [-0.15, -0.1) is 68.0 Å². The summed E-state index contributed by atoms with van der Waals surface area (Å²) in [5, 5.41) is 4.42. The van der Waals surface area contributed by atoms with Crippen LogP contribution in [0.2, 0.25) is 0 Å². The van der Waals surface area contributed by atoms with Gasteiger partial charge >= 0.3 is 0 Å². The highest BCUT2D eigenvalue weighted by Gasteiger charge is 2.18. The average molecular weight is 775 g/mol. The van der Waals surface area contributed by atoms with Crippen LogP contribution in [0.4, 0.5) is 0 Å². The second kappa shape index (κ2) is 20.4. The van der Waals surface area contributed by atoms with Crippen LogP contribution in [-0.4, -0.2) is 0 Å². The van der Waals surface area contributed by atoms with E-state index in [-0.39, 0.29) is 0 Å². The molecule has 6 aromatic heterocycles. The van der Waals surface area contributed by atoms with Gasteiger partial charge in [0.15, 0.2) is 0 Å². The second-order valence-corrected chi connectivity index (χ2v) is 19.8. The van der Waals surface area contributed by atoms with Gasteiger partial charge in [-0.2, -0.15) is 0 Å². The molecule has 0 aliphatic carbocycles. The van der Waals surface area contributed by atoms with Crippen LogP contribution in [0.1, 0.15) is 128 Å². The van der Waals surface area contributed by atoms with Crippen molar-refractivity contribution in [2.45, 2.75) is 129 Å². The first-order valence-corrected chi connectivity index (χ1v) is 24.3. The molecule has 0 saturated heterocycles. The molecule has 0 nitrogen and oxygen atoms in total. The van der Waals surface area contributed by atoms with E-state index >= 15 is 0 Å². The fourth-order valence-corrected chi connectivity index (χ4v) is 13.3. The van der Waals surface area contributed by atoms with Gasteiger partial charge in [0.05, 0.1) is 0 Å². The number of rotatable bonds is 23. The molecule has 0 amide bonds. The maximum Gasteiger partial charge on any atom is 0.0481 e. The summed E-state index contributed by atoms with van der Waals surface area (Å²) in [6.07, 6.45) is 24.3. The first kappa shape index (κ1) is 37.9. The number of thiophene rings is 6. The molecule has 6 heteroatoms. The van der Waals surface area contributed by atoms with Gasteiger partial charge < -0.3 is 0 Å². The highest BCUT2D eigenvalue weighted by molar-refractivity contribution is 7.30. The largest absolute Gasteiger partial charge is 0.143 e. The second-order valence-electron chi connectivity index (χ2n) is 13.7. The summed E-state index contributed by atoms with van der Waals surface area (Å²) >= 11 is 11.7. The maximum absolute atomic E-state index is 2.51. The summed E-state index contributed by atoms with van der Waals surface area (Å²) < 4.78 is 0. The summed E-state index contributed by atoms with van der Waals surface area (Å²) in [5.74, 6) is 0. The Hall–Kier alpha value is -1.80. The van der Waals surface area contributed by atoms with Gasteiger partial charge in [-0.1, -0.05) is 116 Å². The summed E-state index contributed by atoms with van der Waals surface area (Å²) in [6, 6.07) is 23.5. The van der Waals surface area contributed by atoms with Crippen LogP contribution in [0.25, 0.3) is 48.8 Å². The van der Waals surface area contributed by atoms with E-state index in [0.29, 0.717) is 0 Å². The SMILES string of the molecule is CCCCCCCCCCc1cc(-c2cccs2)sc1-c1ccc(-c2ccc(-c3sc(-c4cccs4)cc3CCCCCCCCCC)s2)s1. The van der Waals surface area contributed by atoms with Crippen LogP contribution < -0.4 is 0 Å². The van der Waals surface area contributed by atoms with Crippen molar-refractivity contribution >= 4 is 68.0 Å². The van der Waals surface area contributed by atoms with Crippen molar-refractivity contribution in [1.29, 1.82) is 0 Å². The third kappa shape index (κ3) is 10.6. The van der Waals surface area contributed by atoms with Crippen LogP contribution in [0.3, 0.4) is 0 Å². The molecule has 0 aliphatic heterocycles. The molecule has 0 radical (unpaired) electrons. The van der Waals surface area contributed by atoms with E-state index in [0.717, 1.165) is 0 Å². The smallest absolute Gasteiger partial charge is 0.0481 e. The van der Waals surface area contributed by atoms with Gasteiger partial charge in [0.1, 0.15) is 0 Å². The Morgan fingerprint density at radius 2 is 0.740 bits per heavy atom. The van der Waals surface area contributed by atoms with Crippen LogP contribution >= 0.6 is 68.0 Å². The van der Waals surface area contributed by atoms with Gasteiger partial charge in [0.2, 0.25) is 0 Å². The van der Waals surface area contributed by atoms with Crippen LogP contribution in [0, 0.1) is 0 Å². The molecule has 0 N–H and O–H groups in total. The molecule has 6 heterocycles. The summed E-state index contributed by atoms with van der Waals surface area (Å²) in [5.41, 5.74) is 3.10. The maximum atomic E-state index is 2.51. The minimum absolute atomic E-state index is 1.19. The van der Waals surface area contributed by atoms with Crippen LogP contribution in [0.5, 0.6) is 0 Å². The Kier molecular flexibility index (Phi) is 15.5. The molecular weight excluding hydrogens is 721 g/mol. The fourth-order valence-electron chi connectivity index (χ4n) is 6.81. The first-order valence-electron chi connectivity index (χ1n) is 19.3. The predicted molar refractivity (Wildman–Crippen MR) is 234 cm³/mol. The molecule has 0 bridgehead atoms. The molecule has 0 atom stereocenters. The molecular formula is C44H54S6. The Balaban J connectivity index is 1.15. The van der Waals surface area contributed by atoms with Crippen LogP contribution in [-0.2, 0) is 12.8 Å². The molecule has 266 valence electrons. The Morgan fingerprint density at radius 1 is 0.360 bits per heavy atom. The van der Waals surface area contributed by atoms with E-state index in [4.69, 9.17) is 0 Å². The number of hydrogen-bond acceptors (Lipinski definition) is 6. The van der Waals surface area contributed by atoms with Gasteiger partial charge in [0, 0.05) is 48.8 Å². The molecule has 0 saturated carbocycles.